The Kier molecular flexibility index (Phi) is 4.57. The Hall–Kier alpha value is -1.43. The summed E-state index contributed by atoms with van der Waals surface area (Å²) in [5.41, 5.74) is 2.58. The number of aryl methyl sites for hydroxylation is 1. The molecular formula is C19H21N3S2. The number of thioether (sulfide) groups is 1. The molecule has 1 aromatic carbocycles. The maximum absolute atomic E-state index is 4.66. The van der Waals surface area contributed by atoms with Crippen LogP contribution in [-0.2, 0) is 0 Å². The molecule has 0 saturated carbocycles. The minimum atomic E-state index is 0.656. The molecule has 0 atom stereocenters. The van der Waals surface area contributed by atoms with Crippen molar-refractivity contribution in [1.29, 1.82) is 0 Å². The molecule has 3 heterocycles. The van der Waals surface area contributed by atoms with E-state index in [1.165, 1.54) is 47.3 Å². The summed E-state index contributed by atoms with van der Waals surface area (Å²) in [5.74, 6) is 0. The quantitative estimate of drug-likeness (QED) is 0.628. The molecule has 0 radical (unpaired) electrons. The minimum absolute atomic E-state index is 0.656. The first-order chi connectivity index (χ1) is 11.7. The van der Waals surface area contributed by atoms with Crippen molar-refractivity contribution in [2.24, 2.45) is 0 Å². The molecule has 1 saturated heterocycles. The van der Waals surface area contributed by atoms with Crippen LogP contribution in [0.1, 0.15) is 17.7 Å². The predicted octanol–water partition coefficient (Wildman–Crippen LogP) is 4.85. The van der Waals surface area contributed by atoms with Crippen LogP contribution >= 0.6 is 23.1 Å². The lowest BCUT2D eigenvalue weighted by atomic mass is 10.0. The van der Waals surface area contributed by atoms with Crippen molar-refractivity contribution in [2.75, 3.05) is 20.1 Å². The van der Waals surface area contributed by atoms with Crippen molar-refractivity contribution in [3.05, 3.63) is 41.5 Å². The summed E-state index contributed by atoms with van der Waals surface area (Å²) in [5, 5.41) is 3.05. The summed E-state index contributed by atoms with van der Waals surface area (Å²) in [6.45, 7) is 4.55. The standard InChI is InChI=1S/C19H21N3S2/c1-13-16(14-6-4-3-5-7-14)17-18(23-13)20-12-21-19(17)24-15-8-10-22(2)11-9-15/h3-7,12,15H,8-11H2,1-2H3. The molecule has 1 aliphatic heterocycles. The van der Waals surface area contributed by atoms with Crippen molar-refractivity contribution in [1.82, 2.24) is 14.9 Å². The summed E-state index contributed by atoms with van der Waals surface area (Å²) in [6.07, 6.45) is 4.19. The summed E-state index contributed by atoms with van der Waals surface area (Å²) >= 11 is 3.72. The van der Waals surface area contributed by atoms with Gasteiger partial charge in [0.1, 0.15) is 16.2 Å². The van der Waals surface area contributed by atoms with Gasteiger partial charge in [-0.3, -0.25) is 0 Å². The van der Waals surface area contributed by atoms with Gasteiger partial charge in [0.15, 0.2) is 0 Å². The van der Waals surface area contributed by atoms with E-state index >= 15 is 0 Å². The van der Waals surface area contributed by atoms with Gasteiger partial charge in [-0.15, -0.1) is 23.1 Å². The van der Waals surface area contributed by atoms with Crippen LogP contribution in [0.3, 0.4) is 0 Å². The van der Waals surface area contributed by atoms with Gasteiger partial charge in [-0.05, 0) is 45.5 Å². The molecule has 0 spiro atoms. The largest absolute Gasteiger partial charge is 0.306 e. The molecule has 4 rings (SSSR count). The van der Waals surface area contributed by atoms with Gasteiger partial charge in [-0.2, -0.15) is 0 Å². The Labute approximate surface area is 151 Å². The lowest BCUT2D eigenvalue weighted by Crippen LogP contribution is -2.31. The van der Waals surface area contributed by atoms with Crippen molar-refractivity contribution in [3.63, 3.8) is 0 Å². The number of benzene rings is 1. The maximum Gasteiger partial charge on any atom is 0.128 e. The molecule has 0 bridgehead atoms. The third-order valence-electron chi connectivity index (χ3n) is 4.64. The first kappa shape index (κ1) is 16.1. The van der Waals surface area contributed by atoms with E-state index in [0.717, 1.165) is 9.86 Å². The number of piperidine rings is 1. The van der Waals surface area contributed by atoms with Crippen molar-refractivity contribution in [3.8, 4) is 11.1 Å². The van der Waals surface area contributed by atoms with Crippen LogP contribution in [0.15, 0.2) is 41.7 Å². The molecular weight excluding hydrogens is 334 g/mol. The average Bonchev–Trinajstić information content (AvgIpc) is 2.94. The molecule has 0 unspecified atom stereocenters. The van der Waals surface area contributed by atoms with Gasteiger partial charge < -0.3 is 4.90 Å². The lowest BCUT2D eigenvalue weighted by Gasteiger charge is -2.28. The number of aromatic nitrogens is 2. The highest BCUT2D eigenvalue weighted by molar-refractivity contribution is 8.00. The number of thiophene rings is 1. The lowest BCUT2D eigenvalue weighted by molar-refractivity contribution is 0.282. The van der Waals surface area contributed by atoms with Crippen molar-refractivity contribution in [2.45, 2.75) is 30.0 Å². The zero-order valence-corrected chi connectivity index (χ0v) is 15.7. The third kappa shape index (κ3) is 3.08. The summed E-state index contributed by atoms with van der Waals surface area (Å²) < 4.78 is 0. The second kappa shape index (κ2) is 6.82. The van der Waals surface area contributed by atoms with Gasteiger partial charge in [0.05, 0.1) is 5.39 Å². The number of nitrogens with zero attached hydrogens (tertiary/aromatic N) is 3. The monoisotopic (exact) mass is 355 g/mol. The van der Waals surface area contributed by atoms with Crippen LogP contribution in [0.25, 0.3) is 21.3 Å². The smallest absolute Gasteiger partial charge is 0.128 e. The Morgan fingerprint density at radius 1 is 1.12 bits per heavy atom. The van der Waals surface area contributed by atoms with Crippen molar-refractivity contribution >= 4 is 33.3 Å². The molecule has 1 fully saturated rings. The van der Waals surface area contributed by atoms with Gasteiger partial charge in [0.25, 0.3) is 0 Å². The first-order valence-corrected chi connectivity index (χ1v) is 10.1. The SMILES string of the molecule is Cc1sc2ncnc(SC3CCN(C)CC3)c2c1-c1ccccc1. The zero-order chi connectivity index (χ0) is 16.5. The fourth-order valence-electron chi connectivity index (χ4n) is 3.32. The topological polar surface area (TPSA) is 29.0 Å². The van der Waals surface area contributed by atoms with E-state index in [1.807, 2.05) is 11.8 Å². The number of hydrogen-bond donors (Lipinski definition) is 0. The van der Waals surface area contributed by atoms with E-state index in [0.29, 0.717) is 5.25 Å². The third-order valence-corrected chi connectivity index (χ3v) is 6.99. The minimum Gasteiger partial charge on any atom is -0.306 e. The van der Waals surface area contributed by atoms with Crippen LogP contribution in [0, 0.1) is 6.92 Å². The van der Waals surface area contributed by atoms with Crippen LogP contribution < -0.4 is 0 Å². The van der Waals surface area contributed by atoms with Gasteiger partial charge in [-0.25, -0.2) is 9.97 Å². The first-order valence-electron chi connectivity index (χ1n) is 8.37. The molecule has 5 heteroatoms. The van der Waals surface area contributed by atoms with Crippen molar-refractivity contribution < 1.29 is 0 Å². The van der Waals surface area contributed by atoms with E-state index in [9.17, 15) is 0 Å². The number of likely N-dealkylation sites (tertiary alicyclic amines) is 1. The van der Waals surface area contributed by atoms with Gasteiger partial charge >= 0.3 is 0 Å². The fourth-order valence-corrected chi connectivity index (χ4v) is 5.58. The van der Waals surface area contributed by atoms with E-state index in [2.05, 4.69) is 59.2 Å². The molecule has 3 aromatic rings. The summed E-state index contributed by atoms with van der Waals surface area (Å²) in [4.78, 5) is 14.0. The molecule has 1 aliphatic rings. The van der Waals surface area contributed by atoms with E-state index < -0.39 is 0 Å². The van der Waals surface area contributed by atoms with Gasteiger partial charge in [-0.1, -0.05) is 30.3 Å². The second-order valence-corrected chi connectivity index (χ2v) is 8.87. The molecule has 0 amide bonds. The Balaban J connectivity index is 1.76. The predicted molar refractivity (Wildman–Crippen MR) is 104 cm³/mol. The Bertz CT molecular complexity index is 836. The summed E-state index contributed by atoms with van der Waals surface area (Å²) in [6, 6.07) is 10.6. The van der Waals surface area contributed by atoms with Gasteiger partial charge in [0, 0.05) is 15.7 Å². The highest BCUT2D eigenvalue weighted by Crippen LogP contribution is 2.42. The van der Waals surface area contributed by atoms with E-state index in [1.54, 1.807) is 17.7 Å². The maximum atomic E-state index is 4.66. The Morgan fingerprint density at radius 2 is 1.88 bits per heavy atom. The summed E-state index contributed by atoms with van der Waals surface area (Å²) in [7, 11) is 2.21. The van der Waals surface area contributed by atoms with E-state index in [4.69, 9.17) is 0 Å². The van der Waals surface area contributed by atoms with Gasteiger partial charge in [0.2, 0.25) is 0 Å². The van der Waals surface area contributed by atoms with Crippen LogP contribution in [0.2, 0.25) is 0 Å². The van der Waals surface area contributed by atoms with Crippen LogP contribution in [0.5, 0.6) is 0 Å². The fraction of sp³-hybridized carbons (Fsp3) is 0.368. The number of hydrogen-bond acceptors (Lipinski definition) is 5. The van der Waals surface area contributed by atoms with Crippen LogP contribution in [-0.4, -0.2) is 40.3 Å². The number of fused-ring (bicyclic) bond motifs is 1. The van der Waals surface area contributed by atoms with Crippen LogP contribution in [0.4, 0.5) is 0 Å². The molecule has 3 nitrogen and oxygen atoms in total. The zero-order valence-electron chi connectivity index (χ0n) is 14.0. The molecule has 124 valence electrons. The number of rotatable bonds is 3. The Morgan fingerprint density at radius 3 is 2.62 bits per heavy atom. The average molecular weight is 356 g/mol. The molecule has 0 aliphatic carbocycles. The second-order valence-electron chi connectivity index (χ2n) is 6.38. The van der Waals surface area contributed by atoms with E-state index in [-0.39, 0.29) is 0 Å². The highest BCUT2D eigenvalue weighted by atomic mass is 32.2. The molecule has 24 heavy (non-hydrogen) atoms. The molecule has 2 aromatic heterocycles. The normalized spacial score (nSPS) is 16.8. The highest BCUT2D eigenvalue weighted by Gasteiger charge is 2.22. The molecule has 0 N–H and O–H groups in total.